The van der Waals surface area contributed by atoms with Gasteiger partial charge in [-0.05, 0) is 35.7 Å². The van der Waals surface area contributed by atoms with E-state index in [1.807, 2.05) is 41.3 Å². The van der Waals surface area contributed by atoms with Gasteiger partial charge in [-0.3, -0.25) is 4.79 Å². The van der Waals surface area contributed by atoms with Crippen molar-refractivity contribution in [1.82, 2.24) is 4.90 Å². The van der Waals surface area contributed by atoms with Gasteiger partial charge in [0.25, 0.3) is 5.91 Å². The average Bonchev–Trinajstić information content (AvgIpc) is 2.56. The van der Waals surface area contributed by atoms with E-state index in [2.05, 4.69) is 19.1 Å². The standard InChI is InChI=1S/C18H19NO2/c1-14-4-2-3-5-17(14)15-6-8-16(9-7-15)18(20)19-10-12-21-13-11-19/h2-9H,10-13H2,1H3. The molecule has 1 amide bonds. The van der Waals surface area contributed by atoms with Gasteiger partial charge in [0.2, 0.25) is 0 Å². The van der Waals surface area contributed by atoms with Crippen molar-refractivity contribution in [3.63, 3.8) is 0 Å². The number of carbonyl (C=O) groups is 1. The molecule has 2 aromatic rings. The van der Waals surface area contributed by atoms with Crippen LogP contribution in [-0.4, -0.2) is 37.1 Å². The van der Waals surface area contributed by atoms with Crippen LogP contribution in [-0.2, 0) is 4.74 Å². The number of amides is 1. The number of carbonyl (C=O) groups excluding carboxylic acids is 1. The molecule has 108 valence electrons. The number of morpholine rings is 1. The molecule has 0 atom stereocenters. The van der Waals surface area contributed by atoms with E-state index in [-0.39, 0.29) is 5.91 Å². The Balaban J connectivity index is 1.81. The number of benzene rings is 2. The number of hydrogen-bond donors (Lipinski definition) is 0. The molecule has 0 N–H and O–H groups in total. The largest absolute Gasteiger partial charge is 0.378 e. The van der Waals surface area contributed by atoms with E-state index in [1.165, 1.54) is 11.1 Å². The summed E-state index contributed by atoms with van der Waals surface area (Å²) in [4.78, 5) is 14.2. The Morgan fingerprint density at radius 2 is 1.67 bits per heavy atom. The first-order valence-corrected chi connectivity index (χ1v) is 7.29. The lowest BCUT2D eigenvalue weighted by molar-refractivity contribution is 0.0303. The molecule has 2 aromatic carbocycles. The Morgan fingerprint density at radius 3 is 2.33 bits per heavy atom. The van der Waals surface area contributed by atoms with Gasteiger partial charge in [0.1, 0.15) is 0 Å². The Labute approximate surface area is 125 Å². The van der Waals surface area contributed by atoms with Gasteiger partial charge in [-0.2, -0.15) is 0 Å². The number of aryl methyl sites for hydroxylation is 1. The quantitative estimate of drug-likeness (QED) is 0.846. The lowest BCUT2D eigenvalue weighted by atomic mass is 9.99. The van der Waals surface area contributed by atoms with Crippen molar-refractivity contribution in [2.24, 2.45) is 0 Å². The van der Waals surface area contributed by atoms with Gasteiger partial charge in [0.05, 0.1) is 13.2 Å². The summed E-state index contributed by atoms with van der Waals surface area (Å²) in [7, 11) is 0. The predicted molar refractivity (Wildman–Crippen MR) is 83.3 cm³/mol. The highest BCUT2D eigenvalue weighted by Gasteiger charge is 2.18. The summed E-state index contributed by atoms with van der Waals surface area (Å²) in [6.07, 6.45) is 0. The predicted octanol–water partition coefficient (Wildman–Crippen LogP) is 3.13. The molecule has 3 heteroatoms. The van der Waals surface area contributed by atoms with Crippen molar-refractivity contribution in [1.29, 1.82) is 0 Å². The van der Waals surface area contributed by atoms with Gasteiger partial charge < -0.3 is 9.64 Å². The van der Waals surface area contributed by atoms with Crippen molar-refractivity contribution < 1.29 is 9.53 Å². The molecule has 1 aliphatic rings. The summed E-state index contributed by atoms with van der Waals surface area (Å²) < 4.78 is 5.28. The molecule has 0 spiro atoms. The lowest BCUT2D eigenvalue weighted by Crippen LogP contribution is -2.40. The number of rotatable bonds is 2. The fraction of sp³-hybridized carbons (Fsp3) is 0.278. The normalized spacial score (nSPS) is 15.0. The van der Waals surface area contributed by atoms with Crippen LogP contribution in [0.4, 0.5) is 0 Å². The Morgan fingerprint density at radius 1 is 1.00 bits per heavy atom. The van der Waals surface area contributed by atoms with Crippen LogP contribution in [0.1, 0.15) is 15.9 Å². The molecule has 0 unspecified atom stereocenters. The third kappa shape index (κ3) is 2.98. The summed E-state index contributed by atoms with van der Waals surface area (Å²) in [5, 5.41) is 0. The monoisotopic (exact) mass is 281 g/mol. The molecule has 0 aliphatic carbocycles. The second-order valence-electron chi connectivity index (χ2n) is 5.30. The van der Waals surface area contributed by atoms with Gasteiger partial charge in [-0.25, -0.2) is 0 Å². The van der Waals surface area contributed by atoms with Crippen molar-refractivity contribution in [2.45, 2.75) is 6.92 Å². The third-order valence-corrected chi connectivity index (χ3v) is 3.89. The van der Waals surface area contributed by atoms with Crippen LogP contribution in [0.3, 0.4) is 0 Å². The Kier molecular flexibility index (Phi) is 4.02. The zero-order chi connectivity index (χ0) is 14.7. The van der Waals surface area contributed by atoms with Crippen LogP contribution >= 0.6 is 0 Å². The van der Waals surface area contributed by atoms with E-state index in [4.69, 9.17) is 4.74 Å². The van der Waals surface area contributed by atoms with Crippen LogP contribution < -0.4 is 0 Å². The molecule has 1 fully saturated rings. The van der Waals surface area contributed by atoms with Gasteiger partial charge in [0.15, 0.2) is 0 Å². The summed E-state index contributed by atoms with van der Waals surface area (Å²) in [5.74, 6) is 0.0923. The minimum atomic E-state index is 0.0923. The molecule has 0 bridgehead atoms. The molecule has 1 heterocycles. The molecular weight excluding hydrogens is 262 g/mol. The molecule has 0 radical (unpaired) electrons. The van der Waals surface area contributed by atoms with Crippen LogP contribution in [0.25, 0.3) is 11.1 Å². The van der Waals surface area contributed by atoms with E-state index in [0.29, 0.717) is 26.3 Å². The minimum absolute atomic E-state index is 0.0923. The molecule has 0 aromatic heterocycles. The van der Waals surface area contributed by atoms with E-state index in [1.54, 1.807) is 0 Å². The average molecular weight is 281 g/mol. The SMILES string of the molecule is Cc1ccccc1-c1ccc(C(=O)N2CCOCC2)cc1. The first-order valence-electron chi connectivity index (χ1n) is 7.29. The zero-order valence-electron chi connectivity index (χ0n) is 12.2. The smallest absolute Gasteiger partial charge is 0.254 e. The summed E-state index contributed by atoms with van der Waals surface area (Å²) >= 11 is 0. The molecular formula is C18H19NO2. The second-order valence-corrected chi connectivity index (χ2v) is 5.30. The van der Waals surface area contributed by atoms with Crippen molar-refractivity contribution in [3.05, 3.63) is 59.7 Å². The van der Waals surface area contributed by atoms with Crippen molar-refractivity contribution in [2.75, 3.05) is 26.3 Å². The molecule has 1 saturated heterocycles. The molecule has 21 heavy (non-hydrogen) atoms. The van der Waals surface area contributed by atoms with E-state index in [0.717, 1.165) is 11.1 Å². The maximum atomic E-state index is 12.4. The highest BCUT2D eigenvalue weighted by molar-refractivity contribution is 5.94. The first-order chi connectivity index (χ1) is 10.3. The summed E-state index contributed by atoms with van der Waals surface area (Å²) in [5.41, 5.74) is 4.34. The highest BCUT2D eigenvalue weighted by atomic mass is 16.5. The topological polar surface area (TPSA) is 29.5 Å². The van der Waals surface area contributed by atoms with Gasteiger partial charge in [-0.15, -0.1) is 0 Å². The third-order valence-electron chi connectivity index (χ3n) is 3.89. The van der Waals surface area contributed by atoms with Crippen LogP contribution in [0.15, 0.2) is 48.5 Å². The van der Waals surface area contributed by atoms with Crippen molar-refractivity contribution >= 4 is 5.91 Å². The first kappa shape index (κ1) is 13.8. The van der Waals surface area contributed by atoms with Gasteiger partial charge >= 0.3 is 0 Å². The summed E-state index contributed by atoms with van der Waals surface area (Å²) in [6, 6.07) is 16.2. The maximum Gasteiger partial charge on any atom is 0.254 e. The maximum absolute atomic E-state index is 12.4. The fourth-order valence-corrected chi connectivity index (χ4v) is 2.64. The molecule has 1 aliphatic heterocycles. The van der Waals surface area contributed by atoms with Gasteiger partial charge in [0, 0.05) is 18.7 Å². The Hall–Kier alpha value is -2.13. The van der Waals surface area contributed by atoms with E-state index < -0.39 is 0 Å². The lowest BCUT2D eigenvalue weighted by Gasteiger charge is -2.26. The van der Waals surface area contributed by atoms with Crippen LogP contribution in [0, 0.1) is 6.92 Å². The molecule has 0 saturated carbocycles. The van der Waals surface area contributed by atoms with E-state index in [9.17, 15) is 4.79 Å². The van der Waals surface area contributed by atoms with Crippen molar-refractivity contribution in [3.8, 4) is 11.1 Å². The van der Waals surface area contributed by atoms with Crippen LogP contribution in [0.2, 0.25) is 0 Å². The fourth-order valence-electron chi connectivity index (χ4n) is 2.64. The number of hydrogen-bond acceptors (Lipinski definition) is 2. The second kappa shape index (κ2) is 6.10. The zero-order valence-corrected chi connectivity index (χ0v) is 12.2. The van der Waals surface area contributed by atoms with Crippen LogP contribution in [0.5, 0.6) is 0 Å². The minimum Gasteiger partial charge on any atom is -0.378 e. The highest BCUT2D eigenvalue weighted by Crippen LogP contribution is 2.23. The molecule has 3 nitrogen and oxygen atoms in total. The number of nitrogens with zero attached hydrogens (tertiary/aromatic N) is 1. The number of ether oxygens (including phenoxy) is 1. The van der Waals surface area contributed by atoms with Gasteiger partial charge in [-0.1, -0.05) is 36.4 Å². The summed E-state index contributed by atoms with van der Waals surface area (Å²) in [6.45, 7) is 4.72. The molecule has 3 rings (SSSR count). The van der Waals surface area contributed by atoms with E-state index >= 15 is 0 Å². The Bertz CT molecular complexity index is 628.